The zero-order valence-electron chi connectivity index (χ0n) is 12.0. The number of nitrogens with one attached hydrogen (secondary N) is 1. The minimum Gasteiger partial charge on any atom is -0.325 e. The SMILES string of the molecule is CC(C)C1NC(c2ccccc2)C(=O)N1CCC(F)(F)F. The number of rotatable bonds is 4. The fourth-order valence-electron chi connectivity index (χ4n) is 2.57. The average Bonchev–Trinajstić information content (AvgIpc) is 2.74. The zero-order valence-corrected chi connectivity index (χ0v) is 12.0. The van der Waals surface area contributed by atoms with Crippen LogP contribution < -0.4 is 5.32 Å². The van der Waals surface area contributed by atoms with Gasteiger partial charge < -0.3 is 4.90 Å². The van der Waals surface area contributed by atoms with Crippen molar-refractivity contribution in [1.29, 1.82) is 0 Å². The van der Waals surface area contributed by atoms with Gasteiger partial charge in [0.2, 0.25) is 5.91 Å². The van der Waals surface area contributed by atoms with Crippen molar-refractivity contribution in [3.05, 3.63) is 35.9 Å². The third-order valence-electron chi connectivity index (χ3n) is 3.60. The molecule has 6 heteroatoms. The zero-order chi connectivity index (χ0) is 15.6. The summed E-state index contributed by atoms with van der Waals surface area (Å²) in [5.74, 6) is -0.250. The van der Waals surface area contributed by atoms with Crippen LogP contribution in [0.2, 0.25) is 0 Å². The minimum atomic E-state index is -4.26. The summed E-state index contributed by atoms with van der Waals surface area (Å²) in [5.41, 5.74) is 0.780. The van der Waals surface area contributed by atoms with E-state index in [1.54, 1.807) is 12.1 Å². The van der Waals surface area contributed by atoms with Crippen molar-refractivity contribution in [3.8, 4) is 0 Å². The standard InChI is InChI=1S/C15H19F3N2O/c1-10(2)13-19-12(11-6-4-3-5-7-11)14(21)20(13)9-8-15(16,17)18/h3-7,10,12-13,19H,8-9H2,1-2H3. The van der Waals surface area contributed by atoms with Gasteiger partial charge in [0.1, 0.15) is 6.04 Å². The van der Waals surface area contributed by atoms with Gasteiger partial charge in [0.15, 0.2) is 0 Å². The maximum Gasteiger partial charge on any atom is 0.390 e. The fraction of sp³-hybridized carbons (Fsp3) is 0.533. The molecule has 2 atom stereocenters. The van der Waals surface area contributed by atoms with E-state index in [2.05, 4.69) is 5.32 Å². The molecule has 1 amide bonds. The van der Waals surface area contributed by atoms with Gasteiger partial charge in [0.25, 0.3) is 0 Å². The first-order valence-corrected chi connectivity index (χ1v) is 6.98. The van der Waals surface area contributed by atoms with Gasteiger partial charge in [-0.1, -0.05) is 44.2 Å². The van der Waals surface area contributed by atoms with E-state index in [9.17, 15) is 18.0 Å². The van der Waals surface area contributed by atoms with Gasteiger partial charge >= 0.3 is 6.18 Å². The summed E-state index contributed by atoms with van der Waals surface area (Å²) >= 11 is 0. The van der Waals surface area contributed by atoms with E-state index in [-0.39, 0.29) is 24.5 Å². The second-order valence-electron chi connectivity index (χ2n) is 5.60. The summed E-state index contributed by atoms with van der Waals surface area (Å²) < 4.78 is 37.3. The van der Waals surface area contributed by atoms with E-state index in [0.29, 0.717) is 0 Å². The number of alkyl halides is 3. The average molecular weight is 300 g/mol. The molecule has 3 nitrogen and oxygen atoms in total. The summed E-state index contributed by atoms with van der Waals surface area (Å²) in [7, 11) is 0. The Morgan fingerprint density at radius 3 is 2.38 bits per heavy atom. The van der Waals surface area contributed by atoms with Gasteiger partial charge in [-0.05, 0) is 11.5 Å². The second-order valence-corrected chi connectivity index (χ2v) is 5.60. The van der Waals surface area contributed by atoms with Crippen molar-refractivity contribution in [2.24, 2.45) is 5.92 Å². The number of benzene rings is 1. The van der Waals surface area contributed by atoms with E-state index in [0.717, 1.165) is 5.56 Å². The highest BCUT2D eigenvalue weighted by Gasteiger charge is 2.42. The molecule has 116 valence electrons. The smallest absolute Gasteiger partial charge is 0.325 e. The molecule has 0 spiro atoms. The van der Waals surface area contributed by atoms with Gasteiger partial charge in [-0.3, -0.25) is 10.1 Å². The summed E-state index contributed by atoms with van der Waals surface area (Å²) in [5, 5.41) is 3.15. The summed E-state index contributed by atoms with van der Waals surface area (Å²) in [6, 6.07) is 8.51. The maximum absolute atomic E-state index is 12.4. The molecule has 1 heterocycles. The van der Waals surface area contributed by atoms with Gasteiger partial charge in [-0.15, -0.1) is 0 Å². The highest BCUT2D eigenvalue weighted by molar-refractivity contribution is 5.85. The van der Waals surface area contributed by atoms with Gasteiger partial charge in [0.05, 0.1) is 12.6 Å². The van der Waals surface area contributed by atoms with E-state index < -0.39 is 18.6 Å². The maximum atomic E-state index is 12.4. The number of nitrogens with zero attached hydrogens (tertiary/aromatic N) is 1. The van der Waals surface area contributed by atoms with Crippen LogP contribution in [0.5, 0.6) is 0 Å². The molecular weight excluding hydrogens is 281 g/mol. The predicted molar refractivity (Wildman–Crippen MR) is 73.3 cm³/mol. The summed E-state index contributed by atoms with van der Waals surface area (Å²) in [4.78, 5) is 13.7. The molecule has 1 aliphatic rings. The van der Waals surface area contributed by atoms with Crippen molar-refractivity contribution in [2.45, 2.75) is 38.7 Å². The van der Waals surface area contributed by atoms with Crippen molar-refractivity contribution in [1.82, 2.24) is 10.2 Å². The van der Waals surface area contributed by atoms with Crippen LogP contribution in [0.15, 0.2) is 30.3 Å². The molecule has 1 aromatic rings. The Labute approximate surface area is 122 Å². The van der Waals surface area contributed by atoms with E-state index in [1.807, 2.05) is 32.0 Å². The first kappa shape index (κ1) is 15.8. The van der Waals surface area contributed by atoms with Crippen LogP contribution in [-0.2, 0) is 4.79 Å². The molecule has 0 aliphatic carbocycles. The third kappa shape index (κ3) is 3.75. The number of carbonyl (C=O) groups is 1. The molecule has 0 saturated carbocycles. The Morgan fingerprint density at radius 1 is 1.24 bits per heavy atom. The highest BCUT2D eigenvalue weighted by Crippen LogP contribution is 2.29. The lowest BCUT2D eigenvalue weighted by Crippen LogP contribution is -2.42. The largest absolute Gasteiger partial charge is 0.390 e. The van der Waals surface area contributed by atoms with Crippen LogP contribution in [0, 0.1) is 5.92 Å². The fourth-order valence-corrected chi connectivity index (χ4v) is 2.57. The van der Waals surface area contributed by atoms with Gasteiger partial charge in [0, 0.05) is 6.54 Å². The lowest BCUT2D eigenvalue weighted by atomic mass is 10.1. The molecule has 1 saturated heterocycles. The Balaban J connectivity index is 2.17. The molecule has 2 unspecified atom stereocenters. The van der Waals surface area contributed by atoms with Crippen LogP contribution >= 0.6 is 0 Å². The number of carbonyl (C=O) groups excluding carboxylic acids is 1. The van der Waals surface area contributed by atoms with Crippen molar-refractivity contribution in [3.63, 3.8) is 0 Å². The van der Waals surface area contributed by atoms with Crippen LogP contribution in [0.25, 0.3) is 0 Å². The number of amides is 1. The monoisotopic (exact) mass is 300 g/mol. The van der Waals surface area contributed by atoms with E-state index >= 15 is 0 Å². The lowest BCUT2D eigenvalue weighted by molar-refractivity contribution is -0.145. The van der Waals surface area contributed by atoms with E-state index in [4.69, 9.17) is 0 Å². The molecule has 1 aromatic carbocycles. The normalized spacial score (nSPS) is 23.1. The molecular formula is C15H19F3N2O. The van der Waals surface area contributed by atoms with Crippen molar-refractivity contribution in [2.75, 3.05) is 6.54 Å². The summed E-state index contributed by atoms with van der Waals surface area (Å²) in [6.45, 7) is 3.47. The predicted octanol–water partition coefficient (Wildman–Crippen LogP) is 3.09. The molecule has 2 rings (SSSR count). The topological polar surface area (TPSA) is 32.3 Å². The molecule has 0 bridgehead atoms. The van der Waals surface area contributed by atoms with Gasteiger partial charge in [-0.2, -0.15) is 13.2 Å². The molecule has 1 fully saturated rings. The van der Waals surface area contributed by atoms with Crippen molar-refractivity contribution >= 4 is 5.91 Å². The Kier molecular flexibility index (Phi) is 4.56. The lowest BCUT2D eigenvalue weighted by Gasteiger charge is -2.27. The number of halogens is 3. The Bertz CT molecular complexity index is 487. The minimum absolute atomic E-state index is 0.0379. The van der Waals surface area contributed by atoms with Crippen LogP contribution in [0.1, 0.15) is 31.9 Å². The molecule has 1 aliphatic heterocycles. The van der Waals surface area contributed by atoms with Crippen LogP contribution in [-0.4, -0.2) is 29.7 Å². The Hall–Kier alpha value is -1.56. The first-order chi connectivity index (χ1) is 9.79. The third-order valence-corrected chi connectivity index (χ3v) is 3.60. The second kappa shape index (κ2) is 6.05. The molecule has 0 radical (unpaired) electrons. The van der Waals surface area contributed by atoms with Crippen LogP contribution in [0.3, 0.4) is 0 Å². The van der Waals surface area contributed by atoms with Crippen molar-refractivity contribution < 1.29 is 18.0 Å². The summed E-state index contributed by atoms with van der Waals surface area (Å²) in [6.07, 6.45) is -5.61. The molecule has 21 heavy (non-hydrogen) atoms. The molecule has 0 aromatic heterocycles. The van der Waals surface area contributed by atoms with Crippen LogP contribution in [0.4, 0.5) is 13.2 Å². The number of hydrogen-bond acceptors (Lipinski definition) is 2. The van der Waals surface area contributed by atoms with E-state index in [1.165, 1.54) is 4.90 Å². The Morgan fingerprint density at radius 2 is 1.86 bits per heavy atom. The highest BCUT2D eigenvalue weighted by atomic mass is 19.4. The molecule has 1 N–H and O–H groups in total. The number of hydrogen-bond donors (Lipinski definition) is 1. The quantitative estimate of drug-likeness (QED) is 0.926. The van der Waals surface area contributed by atoms with Gasteiger partial charge in [-0.25, -0.2) is 0 Å². The first-order valence-electron chi connectivity index (χ1n) is 6.98.